The quantitative estimate of drug-likeness (QED) is 0.223. The normalized spacial score (nSPS) is 12.9. The molecule has 2 aromatic rings. The third-order valence-corrected chi connectivity index (χ3v) is 6.18. The molecule has 37 heavy (non-hydrogen) atoms. The van der Waals surface area contributed by atoms with Gasteiger partial charge in [-0.15, -0.1) is 5.11 Å². The molecule has 1 atom stereocenters. The summed E-state index contributed by atoms with van der Waals surface area (Å²) in [4.78, 5) is 36.8. The smallest absolute Gasteiger partial charge is 0.322 e. The number of aromatic nitrogens is 2. The number of imidazole rings is 1. The van der Waals surface area contributed by atoms with Crippen LogP contribution in [0.1, 0.15) is 53.2 Å². The van der Waals surface area contributed by atoms with Crippen LogP contribution in [0.15, 0.2) is 34.5 Å². The van der Waals surface area contributed by atoms with Gasteiger partial charge in [-0.2, -0.15) is 10.2 Å². The number of H-pyrrole nitrogens is 1. The molecule has 1 N–H and O–H groups in total. The first-order chi connectivity index (χ1) is 17.5. The molecule has 0 radical (unpaired) electrons. The number of hydrogen-bond acceptors (Lipinski definition) is 9. The highest BCUT2D eigenvalue weighted by molar-refractivity contribution is 5.80. The van der Waals surface area contributed by atoms with Crippen molar-refractivity contribution >= 4 is 35.1 Å². The van der Waals surface area contributed by atoms with Crippen LogP contribution >= 0.6 is 0 Å². The van der Waals surface area contributed by atoms with E-state index in [1.165, 1.54) is 7.11 Å². The summed E-state index contributed by atoms with van der Waals surface area (Å²) in [7, 11) is 1.35. The Labute approximate surface area is 217 Å². The maximum atomic E-state index is 12.8. The number of carbonyl (C=O) groups excluding carboxylic acids is 2. The first-order valence-electron chi connectivity index (χ1n) is 11.9. The monoisotopic (exact) mass is 507 g/mol. The molecule has 1 unspecified atom stereocenters. The summed E-state index contributed by atoms with van der Waals surface area (Å²) in [5, 5.41) is 17.0. The Morgan fingerprint density at radius 2 is 1.86 bits per heavy atom. The Morgan fingerprint density at radius 3 is 2.38 bits per heavy atom. The van der Waals surface area contributed by atoms with Gasteiger partial charge in [-0.3, -0.25) is 14.6 Å². The predicted molar refractivity (Wildman–Crippen MR) is 138 cm³/mol. The first-order valence-corrected chi connectivity index (χ1v) is 11.9. The van der Waals surface area contributed by atoms with Gasteiger partial charge >= 0.3 is 17.9 Å². The third kappa shape index (κ3) is 7.37. The number of aromatic amines is 1. The molecule has 0 aliphatic rings. The Bertz CT molecular complexity index is 1170. The summed E-state index contributed by atoms with van der Waals surface area (Å²) in [6.07, 6.45) is 0.880. The van der Waals surface area contributed by atoms with Crippen LogP contribution in [-0.2, 0) is 19.1 Å². The number of nitriles is 1. The van der Waals surface area contributed by atoms with Gasteiger partial charge in [0.2, 0.25) is 0 Å². The fourth-order valence-corrected chi connectivity index (χ4v) is 3.94. The van der Waals surface area contributed by atoms with Gasteiger partial charge in [0.05, 0.1) is 30.2 Å². The van der Waals surface area contributed by atoms with E-state index in [-0.39, 0.29) is 36.0 Å². The van der Waals surface area contributed by atoms with Gasteiger partial charge < -0.3 is 19.2 Å². The SMILES string of the molecule is [C-]#[N+]c1[nH]c(N=Nc2ccc(N(CC)CCOC(=O)C(C)(C)CC(C)(CC)C(=O)OC)cc2)nc1C#N. The molecule has 0 amide bonds. The van der Waals surface area contributed by atoms with Crippen molar-refractivity contribution in [3.8, 4) is 6.07 Å². The van der Waals surface area contributed by atoms with E-state index in [2.05, 4.69) is 29.9 Å². The number of nitrogens with zero attached hydrogens (tertiary/aromatic N) is 6. The fraction of sp³-hybridized carbons (Fsp3) is 0.500. The molecular formula is C26H33N7O4. The van der Waals surface area contributed by atoms with E-state index in [1.54, 1.807) is 32.9 Å². The zero-order valence-corrected chi connectivity index (χ0v) is 22.2. The van der Waals surface area contributed by atoms with E-state index >= 15 is 0 Å². The number of esters is 2. The zero-order chi connectivity index (χ0) is 27.6. The number of carbonyl (C=O) groups is 2. The number of anilines is 1. The average molecular weight is 508 g/mol. The number of benzene rings is 1. The maximum absolute atomic E-state index is 12.8. The standard InChI is InChI=1S/C26H33N7O4/c1-8-26(5,23(35)36-7)17-25(3,4)22(34)37-15-14-33(9-2)19-12-10-18(11-13-19)31-32-24-29-20(16-27)21(28-6)30-24/h10-13H,8-9,14-15,17H2,1-5,7H3,(H,29,30). The summed E-state index contributed by atoms with van der Waals surface area (Å²) < 4.78 is 10.5. The van der Waals surface area contributed by atoms with Crippen molar-refractivity contribution in [3.05, 3.63) is 41.4 Å². The second-order valence-corrected chi connectivity index (χ2v) is 9.38. The number of azo groups is 1. The molecule has 0 bridgehead atoms. The lowest BCUT2D eigenvalue weighted by Gasteiger charge is -2.33. The molecular weight excluding hydrogens is 474 g/mol. The molecule has 1 heterocycles. The molecule has 196 valence electrons. The molecule has 0 aliphatic carbocycles. The Hall–Kier alpha value is -4.25. The first kappa shape index (κ1) is 29.0. The van der Waals surface area contributed by atoms with Crippen LogP contribution in [0.25, 0.3) is 4.85 Å². The highest BCUT2D eigenvalue weighted by Crippen LogP contribution is 2.38. The van der Waals surface area contributed by atoms with Gasteiger partial charge in [0.15, 0.2) is 5.69 Å². The highest BCUT2D eigenvalue weighted by Gasteiger charge is 2.42. The van der Waals surface area contributed by atoms with Gasteiger partial charge in [0, 0.05) is 12.2 Å². The number of hydrogen-bond donors (Lipinski definition) is 1. The van der Waals surface area contributed by atoms with Crippen LogP contribution < -0.4 is 4.90 Å². The minimum atomic E-state index is -0.847. The fourth-order valence-electron chi connectivity index (χ4n) is 3.94. The van der Waals surface area contributed by atoms with Gasteiger partial charge in [-0.05, 0) is 64.8 Å². The molecule has 0 saturated carbocycles. The Balaban J connectivity index is 1.97. The van der Waals surface area contributed by atoms with Crippen molar-refractivity contribution in [2.75, 3.05) is 31.7 Å². The second kappa shape index (κ2) is 12.6. The molecule has 1 aromatic heterocycles. The van der Waals surface area contributed by atoms with Crippen molar-refractivity contribution < 1.29 is 19.1 Å². The summed E-state index contributed by atoms with van der Waals surface area (Å²) >= 11 is 0. The molecule has 2 rings (SSSR count). The minimum absolute atomic E-state index is 0.0233. The number of likely N-dealkylation sites (N-methyl/N-ethyl adjacent to an activating group) is 1. The van der Waals surface area contributed by atoms with Gasteiger partial charge in [-0.25, -0.2) is 0 Å². The highest BCUT2D eigenvalue weighted by atomic mass is 16.5. The lowest BCUT2D eigenvalue weighted by atomic mass is 9.72. The maximum Gasteiger partial charge on any atom is 0.322 e. The molecule has 0 fully saturated rings. The van der Waals surface area contributed by atoms with E-state index < -0.39 is 10.8 Å². The zero-order valence-electron chi connectivity index (χ0n) is 22.2. The van der Waals surface area contributed by atoms with Gasteiger partial charge in [0.25, 0.3) is 5.82 Å². The average Bonchev–Trinajstić information content (AvgIpc) is 3.31. The number of methoxy groups -OCH3 is 1. The van der Waals surface area contributed by atoms with Crippen LogP contribution in [-0.4, -0.2) is 48.7 Å². The Morgan fingerprint density at radius 1 is 1.19 bits per heavy atom. The van der Waals surface area contributed by atoms with Gasteiger partial charge in [-0.1, -0.05) is 18.6 Å². The second-order valence-electron chi connectivity index (χ2n) is 9.38. The molecule has 0 aliphatic heterocycles. The van der Waals surface area contributed by atoms with E-state index in [0.717, 1.165) is 5.69 Å². The molecule has 11 heteroatoms. The van der Waals surface area contributed by atoms with Crippen molar-refractivity contribution in [1.82, 2.24) is 9.97 Å². The molecule has 1 aromatic carbocycles. The van der Waals surface area contributed by atoms with Crippen LogP contribution in [0.4, 0.5) is 23.1 Å². The summed E-state index contributed by atoms with van der Waals surface area (Å²) in [6.45, 7) is 17.7. The van der Waals surface area contributed by atoms with E-state index in [0.29, 0.717) is 31.6 Å². The number of nitrogens with one attached hydrogen (secondary N) is 1. The summed E-state index contributed by atoms with van der Waals surface area (Å²) in [5.41, 5.74) is -0.150. The van der Waals surface area contributed by atoms with Crippen LogP contribution in [0, 0.1) is 28.7 Å². The lowest BCUT2D eigenvalue weighted by Crippen LogP contribution is -2.39. The van der Waals surface area contributed by atoms with Crippen molar-refractivity contribution in [2.45, 2.75) is 47.5 Å². The van der Waals surface area contributed by atoms with Crippen LogP contribution in [0.5, 0.6) is 0 Å². The van der Waals surface area contributed by atoms with Crippen LogP contribution in [0.3, 0.4) is 0 Å². The summed E-state index contributed by atoms with van der Waals surface area (Å²) in [5.74, 6) is -0.586. The number of ether oxygens (including phenoxy) is 2. The number of rotatable bonds is 12. The lowest BCUT2D eigenvalue weighted by molar-refractivity contribution is -0.161. The molecule has 0 spiro atoms. The molecule has 11 nitrogen and oxygen atoms in total. The van der Waals surface area contributed by atoms with Crippen molar-refractivity contribution in [2.24, 2.45) is 21.1 Å². The van der Waals surface area contributed by atoms with E-state index in [4.69, 9.17) is 21.3 Å². The van der Waals surface area contributed by atoms with Crippen LogP contribution in [0.2, 0.25) is 0 Å². The van der Waals surface area contributed by atoms with E-state index in [9.17, 15) is 9.59 Å². The van der Waals surface area contributed by atoms with Gasteiger partial charge in [0.1, 0.15) is 12.7 Å². The van der Waals surface area contributed by atoms with Crippen molar-refractivity contribution in [1.29, 1.82) is 5.26 Å². The van der Waals surface area contributed by atoms with Crippen molar-refractivity contribution in [3.63, 3.8) is 0 Å². The third-order valence-electron chi connectivity index (χ3n) is 6.18. The predicted octanol–water partition coefficient (Wildman–Crippen LogP) is 5.62. The van der Waals surface area contributed by atoms with E-state index in [1.807, 2.05) is 32.0 Å². The minimum Gasteiger partial charge on any atom is -0.469 e. The molecule has 0 saturated heterocycles. The largest absolute Gasteiger partial charge is 0.469 e. The topological polar surface area (TPSA) is 137 Å². The Kier molecular flexibility index (Phi) is 9.90. The summed E-state index contributed by atoms with van der Waals surface area (Å²) in [6, 6.07) is 9.13.